The number of alkyl halides is 2. The van der Waals surface area contributed by atoms with Gasteiger partial charge in [0.15, 0.2) is 0 Å². The third kappa shape index (κ3) is 3.92. The second-order valence-electron chi connectivity index (χ2n) is 3.84. The number of carbonyl (C=O) groups excluding carboxylic acids is 1. The molecule has 0 saturated heterocycles. The molecule has 0 heterocycles. The molecule has 0 atom stereocenters. The van der Waals surface area contributed by atoms with Gasteiger partial charge in [0.1, 0.15) is 0 Å². The maximum Gasteiger partial charge on any atom is 0.252 e. The molecule has 0 fully saturated rings. The van der Waals surface area contributed by atoms with Crippen LogP contribution >= 0.6 is 54.5 Å². The Bertz CT molecular complexity index is 386. The van der Waals surface area contributed by atoms with Gasteiger partial charge in [-0.1, -0.05) is 50.9 Å². The summed E-state index contributed by atoms with van der Waals surface area (Å²) in [6.07, 6.45) is 0.874. The van der Waals surface area contributed by atoms with Gasteiger partial charge >= 0.3 is 0 Å². The number of hydrogen-bond donors (Lipinski definition) is 1. The van der Waals surface area contributed by atoms with E-state index in [1.807, 2.05) is 24.3 Å². The second-order valence-corrected chi connectivity index (χ2v) is 6.12. The van der Waals surface area contributed by atoms with E-state index in [0.29, 0.717) is 0 Å². The van der Waals surface area contributed by atoms with Crippen molar-refractivity contribution in [3.05, 3.63) is 33.4 Å². The van der Waals surface area contributed by atoms with Gasteiger partial charge in [0.05, 0.1) is 11.1 Å². The zero-order valence-corrected chi connectivity index (χ0v) is 14.8. The van der Waals surface area contributed by atoms with Gasteiger partial charge in [0, 0.05) is 14.2 Å². The molecule has 94 valence electrons. The molecule has 1 amide bonds. The molecular formula is C12H14Br2INO. The monoisotopic (exact) mass is 473 g/mol. The highest BCUT2D eigenvalue weighted by Crippen LogP contribution is 2.19. The van der Waals surface area contributed by atoms with E-state index in [-0.39, 0.29) is 11.4 Å². The molecule has 0 aromatic heterocycles. The van der Waals surface area contributed by atoms with Gasteiger partial charge in [-0.3, -0.25) is 4.79 Å². The van der Waals surface area contributed by atoms with E-state index >= 15 is 0 Å². The van der Waals surface area contributed by atoms with E-state index in [1.165, 1.54) is 0 Å². The summed E-state index contributed by atoms with van der Waals surface area (Å²) in [7, 11) is 0. The Morgan fingerprint density at radius 2 is 1.94 bits per heavy atom. The van der Waals surface area contributed by atoms with Crippen LogP contribution in [-0.4, -0.2) is 22.1 Å². The number of benzene rings is 1. The maximum absolute atomic E-state index is 12.2. The quantitative estimate of drug-likeness (QED) is 0.508. The smallest absolute Gasteiger partial charge is 0.252 e. The third-order valence-electron chi connectivity index (χ3n) is 2.69. The molecule has 5 heteroatoms. The summed E-state index contributed by atoms with van der Waals surface area (Å²) in [5.74, 6) is -0.0178. The molecule has 0 bridgehead atoms. The van der Waals surface area contributed by atoms with Crippen LogP contribution in [0.5, 0.6) is 0 Å². The first-order valence-corrected chi connectivity index (χ1v) is 8.59. The highest BCUT2D eigenvalue weighted by atomic mass is 127. The minimum atomic E-state index is -0.226. The zero-order chi connectivity index (χ0) is 12.9. The minimum Gasteiger partial charge on any atom is -0.345 e. The molecule has 0 unspecified atom stereocenters. The van der Waals surface area contributed by atoms with E-state index in [0.717, 1.165) is 26.2 Å². The molecule has 0 aliphatic heterocycles. The van der Waals surface area contributed by atoms with Crippen molar-refractivity contribution in [1.82, 2.24) is 5.32 Å². The van der Waals surface area contributed by atoms with E-state index in [9.17, 15) is 4.79 Å². The fourth-order valence-electron chi connectivity index (χ4n) is 1.33. The Balaban J connectivity index is 2.89. The normalized spacial score (nSPS) is 11.3. The molecule has 0 saturated carbocycles. The van der Waals surface area contributed by atoms with Gasteiger partial charge in [0.25, 0.3) is 5.91 Å². The summed E-state index contributed by atoms with van der Waals surface area (Å²) in [4.78, 5) is 12.2. The van der Waals surface area contributed by atoms with Crippen molar-refractivity contribution in [2.24, 2.45) is 0 Å². The van der Waals surface area contributed by atoms with Crippen molar-refractivity contribution in [1.29, 1.82) is 0 Å². The van der Waals surface area contributed by atoms with E-state index in [4.69, 9.17) is 0 Å². The highest BCUT2D eigenvalue weighted by Gasteiger charge is 2.28. The summed E-state index contributed by atoms with van der Waals surface area (Å²) >= 11 is 9.11. The van der Waals surface area contributed by atoms with Gasteiger partial charge in [-0.2, -0.15) is 0 Å². The van der Waals surface area contributed by atoms with Gasteiger partial charge in [-0.05, 0) is 41.1 Å². The first-order chi connectivity index (χ1) is 8.08. The number of carbonyl (C=O) groups is 1. The predicted octanol–water partition coefficient (Wildman–Crippen LogP) is 3.96. The van der Waals surface area contributed by atoms with Crippen LogP contribution in [0, 0.1) is 3.57 Å². The zero-order valence-electron chi connectivity index (χ0n) is 9.47. The predicted molar refractivity (Wildman–Crippen MR) is 87.2 cm³/mol. The molecular weight excluding hydrogens is 461 g/mol. The Kier molecular flexibility index (Phi) is 6.44. The van der Waals surface area contributed by atoms with Gasteiger partial charge < -0.3 is 5.32 Å². The van der Waals surface area contributed by atoms with Crippen LogP contribution in [0.3, 0.4) is 0 Å². The lowest BCUT2D eigenvalue weighted by Gasteiger charge is -2.30. The Morgan fingerprint density at radius 3 is 2.41 bits per heavy atom. The first-order valence-electron chi connectivity index (χ1n) is 5.27. The van der Waals surface area contributed by atoms with Crippen molar-refractivity contribution in [2.75, 3.05) is 10.7 Å². The van der Waals surface area contributed by atoms with Crippen molar-refractivity contribution < 1.29 is 4.79 Å². The Hall–Kier alpha value is 0.380. The van der Waals surface area contributed by atoms with E-state index < -0.39 is 0 Å². The molecule has 0 aliphatic rings. The average molecular weight is 475 g/mol. The van der Waals surface area contributed by atoms with Crippen LogP contribution in [0.15, 0.2) is 24.3 Å². The second kappa shape index (κ2) is 7.09. The average Bonchev–Trinajstić information content (AvgIpc) is 2.36. The standard InChI is InChI=1S/C12H14Br2INO/c1-2-12(7-13,8-14)16-11(17)9-5-3-4-6-10(9)15/h3-6H,2,7-8H2,1H3,(H,16,17). The van der Waals surface area contributed by atoms with E-state index in [1.54, 1.807) is 0 Å². The fourth-order valence-corrected chi connectivity index (χ4v) is 3.97. The third-order valence-corrected chi connectivity index (χ3v) is 5.77. The molecule has 1 N–H and O–H groups in total. The molecule has 0 radical (unpaired) electrons. The lowest BCUT2D eigenvalue weighted by Crippen LogP contribution is -2.51. The van der Waals surface area contributed by atoms with Crippen molar-refractivity contribution >= 4 is 60.4 Å². The molecule has 0 spiro atoms. The summed E-state index contributed by atoms with van der Waals surface area (Å²) < 4.78 is 0.969. The molecule has 17 heavy (non-hydrogen) atoms. The lowest BCUT2D eigenvalue weighted by atomic mass is 10.0. The SMILES string of the molecule is CCC(CBr)(CBr)NC(=O)c1ccccc1I. The van der Waals surface area contributed by atoms with Crippen LogP contribution in [0.25, 0.3) is 0 Å². The van der Waals surface area contributed by atoms with Crippen molar-refractivity contribution in [2.45, 2.75) is 18.9 Å². The van der Waals surface area contributed by atoms with E-state index in [2.05, 4.69) is 66.7 Å². The largest absolute Gasteiger partial charge is 0.345 e. The molecule has 1 aromatic rings. The molecule has 1 aromatic carbocycles. The van der Waals surface area contributed by atoms with Crippen molar-refractivity contribution in [3.63, 3.8) is 0 Å². The Labute approximate surface area is 132 Å². The fraction of sp³-hybridized carbons (Fsp3) is 0.417. The summed E-state index contributed by atoms with van der Waals surface area (Å²) in [5.41, 5.74) is 0.503. The number of hydrogen-bond acceptors (Lipinski definition) is 1. The van der Waals surface area contributed by atoms with Gasteiger partial charge in [-0.25, -0.2) is 0 Å². The number of amides is 1. The van der Waals surface area contributed by atoms with Crippen LogP contribution < -0.4 is 5.32 Å². The van der Waals surface area contributed by atoms with Gasteiger partial charge in [0.2, 0.25) is 0 Å². The molecule has 0 aliphatic carbocycles. The summed E-state index contributed by atoms with van der Waals surface area (Å²) in [6, 6.07) is 7.60. The number of halogens is 3. The Morgan fingerprint density at radius 1 is 1.35 bits per heavy atom. The first kappa shape index (κ1) is 15.4. The lowest BCUT2D eigenvalue weighted by molar-refractivity contribution is 0.0914. The summed E-state index contributed by atoms with van der Waals surface area (Å²) in [5, 5.41) is 4.57. The number of nitrogens with one attached hydrogen (secondary N) is 1. The van der Waals surface area contributed by atoms with Gasteiger partial charge in [-0.15, -0.1) is 0 Å². The maximum atomic E-state index is 12.2. The number of rotatable bonds is 5. The van der Waals surface area contributed by atoms with Crippen molar-refractivity contribution in [3.8, 4) is 0 Å². The topological polar surface area (TPSA) is 29.1 Å². The van der Waals surface area contributed by atoms with Crippen LogP contribution in [0.1, 0.15) is 23.7 Å². The van der Waals surface area contributed by atoms with Crippen LogP contribution in [0.2, 0.25) is 0 Å². The molecule has 2 nitrogen and oxygen atoms in total. The molecule has 1 rings (SSSR count). The highest BCUT2D eigenvalue weighted by molar-refractivity contribution is 14.1. The van der Waals surface area contributed by atoms with Crippen LogP contribution in [0.4, 0.5) is 0 Å². The van der Waals surface area contributed by atoms with Crippen LogP contribution in [-0.2, 0) is 0 Å². The minimum absolute atomic E-state index is 0.0178. The summed E-state index contributed by atoms with van der Waals surface area (Å²) in [6.45, 7) is 2.07.